The normalized spacial score (nSPS) is 21.0. The van der Waals surface area contributed by atoms with Gasteiger partial charge in [-0.05, 0) is 52.5 Å². The minimum atomic E-state index is -0.742. The van der Waals surface area contributed by atoms with Gasteiger partial charge in [0.05, 0.1) is 11.6 Å². The van der Waals surface area contributed by atoms with Gasteiger partial charge < -0.3 is 10.4 Å². The average molecular weight is 330 g/mol. The molecule has 0 radical (unpaired) electrons. The van der Waals surface area contributed by atoms with Crippen molar-refractivity contribution in [3.63, 3.8) is 0 Å². The van der Waals surface area contributed by atoms with Crippen molar-refractivity contribution in [1.29, 1.82) is 0 Å². The van der Waals surface area contributed by atoms with Crippen molar-refractivity contribution in [2.24, 2.45) is 5.92 Å². The fourth-order valence-electron chi connectivity index (χ4n) is 3.44. The molecule has 2 aromatic rings. The highest BCUT2D eigenvalue weighted by Gasteiger charge is 2.28. The second-order valence-corrected chi connectivity index (χ2v) is 6.59. The van der Waals surface area contributed by atoms with Crippen molar-refractivity contribution in [3.05, 3.63) is 28.7 Å². The highest BCUT2D eigenvalue weighted by atomic mass is 16.4. The van der Waals surface area contributed by atoms with Gasteiger partial charge in [0.1, 0.15) is 5.56 Å². The van der Waals surface area contributed by atoms with Crippen LogP contribution in [0.4, 0.5) is 0 Å². The second kappa shape index (κ2) is 6.22. The summed E-state index contributed by atoms with van der Waals surface area (Å²) < 4.78 is 1.69. The lowest BCUT2D eigenvalue weighted by Crippen LogP contribution is -2.39. The Balaban J connectivity index is 1.80. The Hall–Kier alpha value is -2.44. The lowest BCUT2D eigenvalue weighted by molar-refractivity contribution is -0.142. The predicted molar refractivity (Wildman–Crippen MR) is 88.0 cm³/mol. The topological polar surface area (TPSA) is 96.6 Å². The molecule has 0 saturated heterocycles. The number of hydrogen-bond donors (Lipinski definition) is 2. The van der Waals surface area contributed by atoms with Crippen LogP contribution < -0.4 is 5.32 Å². The maximum Gasteiger partial charge on any atom is 0.306 e. The van der Waals surface area contributed by atoms with Crippen LogP contribution in [0.15, 0.2) is 6.07 Å². The monoisotopic (exact) mass is 330 g/mol. The first-order valence-corrected chi connectivity index (χ1v) is 8.24. The molecule has 1 aliphatic carbocycles. The van der Waals surface area contributed by atoms with E-state index < -0.39 is 5.97 Å². The third-order valence-corrected chi connectivity index (χ3v) is 4.71. The number of fused-ring (bicyclic) bond motifs is 1. The van der Waals surface area contributed by atoms with Crippen LogP contribution in [0.2, 0.25) is 0 Å². The molecular formula is C17H22N4O3. The first kappa shape index (κ1) is 16.4. The summed E-state index contributed by atoms with van der Waals surface area (Å²) in [6.45, 7) is 5.63. The summed E-state index contributed by atoms with van der Waals surface area (Å²) in [7, 11) is 0. The molecule has 0 spiro atoms. The van der Waals surface area contributed by atoms with Gasteiger partial charge in [-0.25, -0.2) is 9.50 Å². The van der Waals surface area contributed by atoms with Gasteiger partial charge in [-0.3, -0.25) is 9.59 Å². The van der Waals surface area contributed by atoms with Crippen LogP contribution >= 0.6 is 0 Å². The fourth-order valence-corrected chi connectivity index (χ4v) is 3.44. The quantitative estimate of drug-likeness (QED) is 0.897. The minimum absolute atomic E-state index is 0.00774. The molecule has 2 heterocycles. The van der Waals surface area contributed by atoms with Crippen LogP contribution in [0, 0.1) is 26.7 Å². The van der Waals surface area contributed by atoms with E-state index in [9.17, 15) is 9.59 Å². The smallest absolute Gasteiger partial charge is 0.306 e. The number of carboxylic acids is 1. The molecule has 1 amide bonds. The summed E-state index contributed by atoms with van der Waals surface area (Å²) in [4.78, 5) is 28.2. The van der Waals surface area contributed by atoms with Crippen molar-refractivity contribution in [1.82, 2.24) is 19.9 Å². The van der Waals surface area contributed by atoms with Gasteiger partial charge >= 0.3 is 5.97 Å². The van der Waals surface area contributed by atoms with E-state index in [-0.39, 0.29) is 17.9 Å². The highest BCUT2D eigenvalue weighted by Crippen LogP contribution is 2.25. The zero-order valence-corrected chi connectivity index (χ0v) is 14.2. The number of nitrogens with one attached hydrogen (secondary N) is 1. The summed E-state index contributed by atoms with van der Waals surface area (Å²) in [6.07, 6.45) is 2.58. The van der Waals surface area contributed by atoms with Crippen LogP contribution in [-0.2, 0) is 4.79 Å². The van der Waals surface area contributed by atoms with E-state index in [1.54, 1.807) is 11.4 Å². The zero-order chi connectivity index (χ0) is 17.4. The van der Waals surface area contributed by atoms with E-state index in [0.29, 0.717) is 42.6 Å². The van der Waals surface area contributed by atoms with Crippen LogP contribution in [0.1, 0.15) is 53.1 Å². The first-order valence-electron chi connectivity index (χ1n) is 8.24. The molecule has 128 valence electrons. The maximum atomic E-state index is 12.7. The summed E-state index contributed by atoms with van der Waals surface area (Å²) in [5.74, 6) is -1.21. The van der Waals surface area contributed by atoms with Crippen LogP contribution in [0.25, 0.3) is 5.65 Å². The molecular weight excluding hydrogens is 308 g/mol. The summed E-state index contributed by atoms with van der Waals surface area (Å²) in [6, 6.07) is 1.93. The van der Waals surface area contributed by atoms with Gasteiger partial charge in [0.15, 0.2) is 5.65 Å². The Bertz CT molecular complexity index is 804. The van der Waals surface area contributed by atoms with Gasteiger partial charge in [-0.2, -0.15) is 5.10 Å². The zero-order valence-electron chi connectivity index (χ0n) is 14.2. The molecule has 0 aliphatic heterocycles. The molecule has 1 saturated carbocycles. The molecule has 0 bridgehead atoms. The number of amides is 1. The van der Waals surface area contributed by atoms with E-state index in [1.807, 2.05) is 19.9 Å². The molecule has 7 nitrogen and oxygen atoms in total. The fraction of sp³-hybridized carbons (Fsp3) is 0.529. The third-order valence-electron chi connectivity index (χ3n) is 4.71. The van der Waals surface area contributed by atoms with Gasteiger partial charge in [-0.1, -0.05) is 0 Å². The molecule has 0 atom stereocenters. The predicted octanol–water partition coefficient (Wildman–Crippen LogP) is 2.03. The van der Waals surface area contributed by atoms with E-state index in [2.05, 4.69) is 15.4 Å². The average Bonchev–Trinajstić information content (AvgIpc) is 2.84. The van der Waals surface area contributed by atoms with Crippen molar-refractivity contribution in [2.75, 3.05) is 0 Å². The number of hydrogen-bond acceptors (Lipinski definition) is 4. The van der Waals surface area contributed by atoms with Gasteiger partial charge in [-0.15, -0.1) is 0 Å². The van der Waals surface area contributed by atoms with Gasteiger partial charge in [0.2, 0.25) is 0 Å². The van der Waals surface area contributed by atoms with E-state index in [4.69, 9.17) is 5.11 Å². The van der Waals surface area contributed by atoms with Gasteiger partial charge in [0.25, 0.3) is 5.91 Å². The molecule has 24 heavy (non-hydrogen) atoms. The SMILES string of the molecule is Cc1cc(C)n2nc(C)c(C(=O)NC3CCC(C(=O)O)CC3)c2n1. The standard InChI is InChI=1S/C17H22N4O3/c1-9-8-10(2)21-15(18-9)14(11(3)20-21)16(22)19-13-6-4-12(5-7-13)17(23)24/h8,12-13H,4-7H2,1-3H3,(H,19,22)(H,23,24). The molecule has 3 rings (SSSR count). The Morgan fingerprint density at radius 3 is 2.50 bits per heavy atom. The highest BCUT2D eigenvalue weighted by molar-refractivity contribution is 6.01. The van der Waals surface area contributed by atoms with Crippen LogP contribution in [0.3, 0.4) is 0 Å². The Morgan fingerprint density at radius 1 is 1.21 bits per heavy atom. The lowest BCUT2D eigenvalue weighted by atomic mass is 9.86. The summed E-state index contributed by atoms with van der Waals surface area (Å²) >= 11 is 0. The summed E-state index contributed by atoms with van der Waals surface area (Å²) in [5.41, 5.74) is 3.49. The van der Waals surface area contributed by atoms with E-state index in [0.717, 1.165) is 11.4 Å². The number of carbonyl (C=O) groups excluding carboxylic acids is 1. The Morgan fingerprint density at radius 2 is 1.88 bits per heavy atom. The van der Waals surface area contributed by atoms with E-state index in [1.165, 1.54) is 0 Å². The molecule has 0 aromatic carbocycles. The lowest BCUT2D eigenvalue weighted by Gasteiger charge is -2.26. The second-order valence-electron chi connectivity index (χ2n) is 6.59. The Kier molecular flexibility index (Phi) is 4.26. The number of aryl methyl sites for hydroxylation is 3. The van der Waals surface area contributed by atoms with E-state index >= 15 is 0 Å². The minimum Gasteiger partial charge on any atom is -0.481 e. The maximum absolute atomic E-state index is 12.7. The number of aliphatic carboxylic acids is 1. The van der Waals surface area contributed by atoms with Gasteiger partial charge in [0, 0.05) is 17.4 Å². The number of carboxylic acid groups (broad SMARTS) is 1. The van der Waals surface area contributed by atoms with Crippen LogP contribution in [-0.4, -0.2) is 37.6 Å². The van der Waals surface area contributed by atoms with Crippen molar-refractivity contribution >= 4 is 17.5 Å². The number of aromatic nitrogens is 3. The number of carbonyl (C=O) groups is 2. The van der Waals surface area contributed by atoms with Crippen molar-refractivity contribution in [3.8, 4) is 0 Å². The molecule has 2 aromatic heterocycles. The molecule has 2 N–H and O–H groups in total. The molecule has 7 heteroatoms. The molecule has 0 unspecified atom stereocenters. The van der Waals surface area contributed by atoms with Crippen molar-refractivity contribution in [2.45, 2.75) is 52.5 Å². The van der Waals surface area contributed by atoms with Crippen molar-refractivity contribution < 1.29 is 14.7 Å². The largest absolute Gasteiger partial charge is 0.481 e. The third kappa shape index (κ3) is 2.98. The number of rotatable bonds is 3. The molecule has 1 fully saturated rings. The summed E-state index contributed by atoms with van der Waals surface area (Å²) in [5, 5.41) is 16.5. The number of nitrogens with zero attached hydrogens (tertiary/aromatic N) is 3. The van der Waals surface area contributed by atoms with Crippen LogP contribution in [0.5, 0.6) is 0 Å². The first-order chi connectivity index (χ1) is 11.4. The Labute approximate surface area is 140 Å². The molecule has 1 aliphatic rings.